The van der Waals surface area contributed by atoms with Gasteiger partial charge in [0.15, 0.2) is 14.9 Å². The average Bonchev–Trinajstić information content (AvgIpc) is 2.88. The highest BCUT2D eigenvalue weighted by molar-refractivity contribution is 8.05. The van der Waals surface area contributed by atoms with Gasteiger partial charge in [-0.2, -0.15) is 0 Å². The standard InChI is InChI=1S/C17H21NO5S/c1-4-22-16(19)10-9-13-5-7-14(8-6-13)12-24(20,21)15-11-17(2,3)23-18-15/h5-10H,4,11-12H2,1-3H3/b10-9-. The molecule has 0 unspecified atom stereocenters. The molecule has 0 aromatic heterocycles. The maximum Gasteiger partial charge on any atom is 0.330 e. The molecule has 1 aliphatic rings. The molecule has 1 heterocycles. The van der Waals surface area contributed by atoms with Crippen LogP contribution < -0.4 is 0 Å². The van der Waals surface area contributed by atoms with Gasteiger partial charge >= 0.3 is 5.97 Å². The summed E-state index contributed by atoms with van der Waals surface area (Å²) < 4.78 is 29.5. The van der Waals surface area contributed by atoms with Crippen LogP contribution in [-0.2, 0) is 30.0 Å². The topological polar surface area (TPSA) is 82.0 Å². The minimum absolute atomic E-state index is 0.0822. The first-order valence-electron chi connectivity index (χ1n) is 7.63. The van der Waals surface area contributed by atoms with Gasteiger partial charge in [0, 0.05) is 12.5 Å². The molecular formula is C17H21NO5S. The molecule has 0 saturated heterocycles. The summed E-state index contributed by atoms with van der Waals surface area (Å²) in [5, 5.41) is 3.79. The summed E-state index contributed by atoms with van der Waals surface area (Å²) in [5.41, 5.74) is 0.854. The third-order valence-corrected chi connectivity index (χ3v) is 5.02. The van der Waals surface area contributed by atoms with Crippen molar-refractivity contribution in [3.05, 3.63) is 41.5 Å². The van der Waals surface area contributed by atoms with E-state index < -0.39 is 21.4 Å². The van der Waals surface area contributed by atoms with E-state index in [1.165, 1.54) is 6.08 Å². The molecule has 0 fully saturated rings. The molecule has 130 valence electrons. The van der Waals surface area contributed by atoms with Gasteiger partial charge in [-0.25, -0.2) is 13.2 Å². The fraction of sp³-hybridized carbons (Fsp3) is 0.412. The molecule has 1 aliphatic heterocycles. The molecule has 0 bridgehead atoms. The molecule has 1 aromatic carbocycles. The van der Waals surface area contributed by atoms with Crippen molar-refractivity contribution in [2.75, 3.05) is 6.61 Å². The third-order valence-electron chi connectivity index (χ3n) is 3.37. The SMILES string of the molecule is CCOC(=O)/C=C\c1ccc(CS(=O)(=O)C2=NOC(C)(C)C2)cc1. The van der Waals surface area contributed by atoms with Gasteiger partial charge in [0.2, 0.25) is 0 Å². The predicted molar refractivity (Wildman–Crippen MR) is 91.9 cm³/mol. The van der Waals surface area contributed by atoms with Gasteiger partial charge in [-0.3, -0.25) is 0 Å². The van der Waals surface area contributed by atoms with Crippen LogP contribution in [0, 0.1) is 0 Å². The van der Waals surface area contributed by atoms with Crippen LogP contribution >= 0.6 is 0 Å². The molecule has 6 nitrogen and oxygen atoms in total. The Morgan fingerprint density at radius 2 is 2.00 bits per heavy atom. The van der Waals surface area contributed by atoms with Gasteiger partial charge in [0.1, 0.15) is 5.60 Å². The zero-order valence-electron chi connectivity index (χ0n) is 14.0. The lowest BCUT2D eigenvalue weighted by molar-refractivity contribution is -0.137. The van der Waals surface area contributed by atoms with Crippen LogP contribution in [0.2, 0.25) is 0 Å². The van der Waals surface area contributed by atoms with Crippen LogP contribution in [0.15, 0.2) is 35.5 Å². The molecule has 7 heteroatoms. The Balaban J connectivity index is 2.03. The smallest absolute Gasteiger partial charge is 0.330 e. The number of rotatable bonds is 5. The number of sulfone groups is 1. The molecule has 24 heavy (non-hydrogen) atoms. The number of oxime groups is 1. The summed E-state index contributed by atoms with van der Waals surface area (Å²) in [7, 11) is -3.50. The summed E-state index contributed by atoms with van der Waals surface area (Å²) in [6, 6.07) is 6.92. The summed E-state index contributed by atoms with van der Waals surface area (Å²) in [4.78, 5) is 16.4. The van der Waals surface area contributed by atoms with Crippen molar-refractivity contribution in [2.45, 2.75) is 38.5 Å². The van der Waals surface area contributed by atoms with Crippen LogP contribution in [-0.4, -0.2) is 31.6 Å². The normalized spacial score (nSPS) is 16.7. The van der Waals surface area contributed by atoms with Crippen molar-refractivity contribution in [1.82, 2.24) is 0 Å². The number of nitrogens with zero attached hydrogens (tertiary/aromatic N) is 1. The molecule has 0 amide bonds. The minimum Gasteiger partial charge on any atom is -0.463 e. The number of hydrogen-bond donors (Lipinski definition) is 0. The van der Waals surface area contributed by atoms with Crippen molar-refractivity contribution in [3.8, 4) is 0 Å². The van der Waals surface area contributed by atoms with Crippen molar-refractivity contribution < 1.29 is 22.8 Å². The highest BCUT2D eigenvalue weighted by Gasteiger charge is 2.35. The first-order chi connectivity index (χ1) is 11.2. The van der Waals surface area contributed by atoms with Crippen LogP contribution in [0.1, 0.15) is 38.3 Å². The van der Waals surface area contributed by atoms with Gasteiger partial charge in [-0.15, -0.1) is 0 Å². The van der Waals surface area contributed by atoms with Crippen molar-refractivity contribution >= 4 is 26.9 Å². The minimum atomic E-state index is -3.50. The molecule has 0 aliphatic carbocycles. The Labute approximate surface area is 142 Å². The lowest BCUT2D eigenvalue weighted by Gasteiger charge is -2.13. The van der Waals surface area contributed by atoms with Crippen LogP contribution in [0.4, 0.5) is 0 Å². The second-order valence-corrected chi connectivity index (χ2v) is 8.09. The fourth-order valence-electron chi connectivity index (χ4n) is 2.15. The average molecular weight is 351 g/mol. The molecule has 0 spiro atoms. The number of hydrogen-bond acceptors (Lipinski definition) is 6. The molecule has 0 radical (unpaired) electrons. The van der Waals surface area contributed by atoms with Gasteiger partial charge in [0.05, 0.1) is 12.4 Å². The Kier molecular flexibility index (Phi) is 5.43. The Hall–Kier alpha value is -2.15. The number of ether oxygens (including phenoxy) is 1. The van der Waals surface area contributed by atoms with Gasteiger partial charge in [0.25, 0.3) is 0 Å². The summed E-state index contributed by atoms with van der Waals surface area (Å²) >= 11 is 0. The maximum absolute atomic E-state index is 12.4. The highest BCUT2D eigenvalue weighted by atomic mass is 32.2. The van der Waals surface area contributed by atoms with Crippen molar-refractivity contribution in [1.29, 1.82) is 0 Å². The Bertz CT molecular complexity index is 761. The van der Waals surface area contributed by atoms with Crippen molar-refractivity contribution in [2.24, 2.45) is 5.16 Å². The third kappa shape index (κ3) is 4.92. The van der Waals surface area contributed by atoms with E-state index >= 15 is 0 Å². The molecule has 2 rings (SSSR count). The Morgan fingerprint density at radius 3 is 2.54 bits per heavy atom. The van der Waals surface area contributed by atoms with Gasteiger partial charge in [-0.1, -0.05) is 29.4 Å². The van der Waals surface area contributed by atoms with E-state index in [9.17, 15) is 13.2 Å². The largest absolute Gasteiger partial charge is 0.463 e. The zero-order valence-corrected chi connectivity index (χ0v) is 14.8. The lowest BCUT2D eigenvalue weighted by atomic mass is 10.1. The number of esters is 1. The predicted octanol–water partition coefficient (Wildman–Crippen LogP) is 2.69. The van der Waals surface area contributed by atoms with E-state index in [0.717, 1.165) is 5.56 Å². The monoisotopic (exact) mass is 351 g/mol. The molecule has 1 aromatic rings. The lowest BCUT2D eigenvalue weighted by Crippen LogP contribution is -2.23. The van der Waals surface area contributed by atoms with E-state index in [-0.39, 0.29) is 17.2 Å². The second kappa shape index (κ2) is 7.17. The van der Waals surface area contributed by atoms with E-state index in [4.69, 9.17) is 9.57 Å². The van der Waals surface area contributed by atoms with E-state index in [1.54, 1.807) is 51.1 Å². The first-order valence-corrected chi connectivity index (χ1v) is 9.29. The summed E-state index contributed by atoms with van der Waals surface area (Å²) in [6.45, 7) is 5.65. The van der Waals surface area contributed by atoms with Crippen LogP contribution in [0.5, 0.6) is 0 Å². The first kappa shape index (κ1) is 18.2. The fourth-order valence-corrected chi connectivity index (χ4v) is 3.67. The molecule has 0 saturated carbocycles. The maximum atomic E-state index is 12.4. The van der Waals surface area contributed by atoms with Crippen LogP contribution in [0.25, 0.3) is 6.08 Å². The number of carbonyl (C=O) groups is 1. The number of benzene rings is 1. The van der Waals surface area contributed by atoms with Crippen LogP contribution in [0.3, 0.4) is 0 Å². The summed E-state index contributed by atoms with van der Waals surface area (Å²) in [5.74, 6) is -0.543. The number of carbonyl (C=O) groups excluding carboxylic acids is 1. The Morgan fingerprint density at radius 1 is 1.33 bits per heavy atom. The van der Waals surface area contributed by atoms with E-state index in [2.05, 4.69) is 5.16 Å². The van der Waals surface area contributed by atoms with Crippen molar-refractivity contribution in [3.63, 3.8) is 0 Å². The zero-order chi connectivity index (χ0) is 17.8. The van der Waals surface area contributed by atoms with E-state index in [0.29, 0.717) is 12.2 Å². The second-order valence-electron chi connectivity index (χ2n) is 6.10. The summed E-state index contributed by atoms with van der Waals surface area (Å²) in [6.07, 6.45) is 3.23. The molecule has 0 atom stereocenters. The highest BCUT2D eigenvalue weighted by Crippen LogP contribution is 2.26. The quantitative estimate of drug-likeness (QED) is 0.602. The molecule has 0 N–H and O–H groups in total. The van der Waals surface area contributed by atoms with Gasteiger partial charge < -0.3 is 9.57 Å². The van der Waals surface area contributed by atoms with E-state index in [1.807, 2.05) is 0 Å². The van der Waals surface area contributed by atoms with Gasteiger partial charge in [-0.05, 0) is 38.0 Å². The molecular weight excluding hydrogens is 330 g/mol.